The molecule has 0 aliphatic carbocycles. The smallest absolute Gasteiger partial charge is 0.341 e. The highest BCUT2D eigenvalue weighted by Gasteiger charge is 2.22. The van der Waals surface area contributed by atoms with Gasteiger partial charge < -0.3 is 23.9 Å². The van der Waals surface area contributed by atoms with Gasteiger partial charge in [-0.25, -0.2) is 9.78 Å². The van der Waals surface area contributed by atoms with Gasteiger partial charge in [-0.15, -0.1) is 0 Å². The molecule has 4 rings (SSSR count). The van der Waals surface area contributed by atoms with E-state index in [0.717, 1.165) is 28.1 Å². The molecular weight excluding hydrogens is 420 g/mol. The maximum Gasteiger partial charge on any atom is 0.341 e. The molecule has 0 atom stereocenters. The molecule has 0 amide bonds. The molecule has 0 unspecified atom stereocenters. The summed E-state index contributed by atoms with van der Waals surface area (Å²) in [6, 6.07) is 23.6. The molecule has 0 aliphatic rings. The Morgan fingerprint density at radius 3 is 1.94 bits per heavy atom. The first-order valence-electron chi connectivity index (χ1n) is 10.3. The summed E-state index contributed by atoms with van der Waals surface area (Å²) < 4.78 is 18.4. The Morgan fingerprint density at radius 1 is 0.879 bits per heavy atom. The summed E-state index contributed by atoms with van der Waals surface area (Å²) in [4.78, 5) is 16.0. The Morgan fingerprint density at radius 2 is 1.42 bits per heavy atom. The highest BCUT2D eigenvalue weighted by molar-refractivity contribution is 5.83. The van der Waals surface area contributed by atoms with Crippen LogP contribution in [0.3, 0.4) is 0 Å². The van der Waals surface area contributed by atoms with E-state index in [-0.39, 0.29) is 5.75 Å². The molecule has 1 heterocycles. The van der Waals surface area contributed by atoms with Crippen molar-refractivity contribution in [1.82, 2.24) is 9.55 Å². The fourth-order valence-electron chi connectivity index (χ4n) is 3.77. The van der Waals surface area contributed by atoms with Gasteiger partial charge in [0.25, 0.3) is 0 Å². The van der Waals surface area contributed by atoms with Gasteiger partial charge in [-0.1, -0.05) is 60.7 Å². The summed E-state index contributed by atoms with van der Waals surface area (Å²) in [5.41, 5.74) is 4.61. The number of carboxylic acid groups (broad SMARTS) is 1. The first-order valence-corrected chi connectivity index (χ1v) is 10.3. The van der Waals surface area contributed by atoms with Crippen LogP contribution in [0.25, 0.3) is 33.9 Å². The van der Waals surface area contributed by atoms with E-state index in [1.807, 2.05) is 60.1 Å². The van der Waals surface area contributed by atoms with Crippen molar-refractivity contribution in [2.45, 2.75) is 0 Å². The third-order valence-electron chi connectivity index (χ3n) is 5.25. The number of carboxylic acids is 1. The Balaban J connectivity index is 1.91. The summed E-state index contributed by atoms with van der Waals surface area (Å²) in [7, 11) is 4.95. The number of rotatable bonds is 8. The molecule has 0 fully saturated rings. The molecule has 1 N–H and O–H groups in total. The quantitative estimate of drug-likeness (QED) is 0.416. The fourth-order valence-corrected chi connectivity index (χ4v) is 3.77. The zero-order valence-electron chi connectivity index (χ0n) is 18.6. The number of ether oxygens (including phenoxy) is 3. The molecule has 0 saturated carbocycles. The van der Waals surface area contributed by atoms with Crippen molar-refractivity contribution in [3.8, 4) is 51.2 Å². The number of hydrogen-bond acceptors (Lipinski definition) is 5. The fraction of sp³-hybridized carbons (Fsp3) is 0.154. The lowest BCUT2D eigenvalue weighted by Gasteiger charge is -2.15. The standard InChI is InChI=1S/C26H24N2O5/c1-28-24(18-12-8-5-9-13-18)23(17-10-6-4-7-11-17)27-26(28)19-14-20(31-2)25(21(15-19)32-3)33-16-22(29)30/h4-15H,16H2,1-3H3,(H,29,30). The van der Waals surface area contributed by atoms with Crippen molar-refractivity contribution in [2.75, 3.05) is 20.8 Å². The van der Waals surface area contributed by atoms with Crippen LogP contribution in [0.2, 0.25) is 0 Å². The number of hydrogen-bond donors (Lipinski definition) is 1. The van der Waals surface area contributed by atoms with Gasteiger partial charge in [0.05, 0.1) is 25.6 Å². The topological polar surface area (TPSA) is 82.8 Å². The van der Waals surface area contributed by atoms with E-state index in [4.69, 9.17) is 24.3 Å². The Kier molecular flexibility index (Phi) is 6.31. The van der Waals surface area contributed by atoms with Crippen molar-refractivity contribution < 1.29 is 24.1 Å². The molecule has 4 aromatic rings. The van der Waals surface area contributed by atoms with E-state index in [9.17, 15) is 4.79 Å². The molecule has 0 radical (unpaired) electrons. The lowest BCUT2D eigenvalue weighted by molar-refractivity contribution is -0.139. The van der Waals surface area contributed by atoms with Gasteiger partial charge in [-0.2, -0.15) is 0 Å². The number of nitrogens with zero attached hydrogens (tertiary/aromatic N) is 2. The molecular formula is C26H24N2O5. The molecule has 0 saturated heterocycles. The second kappa shape index (κ2) is 9.48. The number of aromatic nitrogens is 2. The average Bonchev–Trinajstić information content (AvgIpc) is 3.20. The van der Waals surface area contributed by atoms with Crippen LogP contribution < -0.4 is 14.2 Å². The Hall–Kier alpha value is -4.26. The van der Waals surface area contributed by atoms with E-state index in [1.54, 1.807) is 12.1 Å². The molecule has 1 aromatic heterocycles. The Bertz CT molecular complexity index is 1240. The molecule has 0 spiro atoms. The minimum Gasteiger partial charge on any atom is -0.493 e. The number of carbonyl (C=O) groups is 1. The second-order valence-electron chi connectivity index (χ2n) is 7.32. The molecule has 7 heteroatoms. The van der Waals surface area contributed by atoms with Gasteiger partial charge >= 0.3 is 5.97 Å². The van der Waals surface area contributed by atoms with Crippen LogP contribution in [0.4, 0.5) is 0 Å². The first-order chi connectivity index (χ1) is 16.0. The number of benzene rings is 3. The largest absolute Gasteiger partial charge is 0.493 e. The van der Waals surface area contributed by atoms with E-state index >= 15 is 0 Å². The highest BCUT2D eigenvalue weighted by Crippen LogP contribution is 2.43. The predicted molar refractivity (Wildman–Crippen MR) is 126 cm³/mol. The summed E-state index contributed by atoms with van der Waals surface area (Å²) in [5, 5.41) is 9.00. The van der Waals surface area contributed by atoms with E-state index in [1.165, 1.54) is 14.2 Å². The molecule has 0 bridgehead atoms. The van der Waals surface area contributed by atoms with Crippen LogP contribution in [0.5, 0.6) is 17.2 Å². The molecule has 33 heavy (non-hydrogen) atoms. The monoisotopic (exact) mass is 444 g/mol. The number of methoxy groups -OCH3 is 2. The minimum absolute atomic E-state index is 0.229. The van der Waals surface area contributed by atoms with Crippen molar-refractivity contribution in [2.24, 2.45) is 7.05 Å². The first kappa shape index (κ1) is 22.0. The summed E-state index contributed by atoms with van der Waals surface area (Å²) >= 11 is 0. The highest BCUT2D eigenvalue weighted by atomic mass is 16.5. The van der Waals surface area contributed by atoms with Crippen LogP contribution in [-0.2, 0) is 11.8 Å². The van der Waals surface area contributed by atoms with Crippen molar-refractivity contribution in [3.05, 3.63) is 72.8 Å². The number of aliphatic carboxylic acids is 1. The van der Waals surface area contributed by atoms with Gasteiger partial charge in [0.15, 0.2) is 18.1 Å². The van der Waals surface area contributed by atoms with E-state index in [0.29, 0.717) is 17.3 Å². The van der Waals surface area contributed by atoms with Gasteiger partial charge in [0.2, 0.25) is 5.75 Å². The molecule has 0 aliphatic heterocycles. The summed E-state index contributed by atoms with van der Waals surface area (Å²) in [5.74, 6) is 0.556. The van der Waals surface area contributed by atoms with Gasteiger partial charge in [0, 0.05) is 23.7 Å². The lowest BCUT2D eigenvalue weighted by atomic mass is 10.1. The van der Waals surface area contributed by atoms with Crippen molar-refractivity contribution in [1.29, 1.82) is 0 Å². The predicted octanol–water partition coefficient (Wildman–Crippen LogP) is 4.90. The van der Waals surface area contributed by atoms with Crippen molar-refractivity contribution in [3.63, 3.8) is 0 Å². The van der Waals surface area contributed by atoms with Crippen LogP contribution in [0.1, 0.15) is 0 Å². The normalized spacial score (nSPS) is 10.6. The van der Waals surface area contributed by atoms with Crippen LogP contribution >= 0.6 is 0 Å². The van der Waals surface area contributed by atoms with E-state index < -0.39 is 12.6 Å². The third kappa shape index (κ3) is 4.39. The maximum absolute atomic E-state index is 11.0. The second-order valence-corrected chi connectivity index (χ2v) is 7.32. The van der Waals surface area contributed by atoms with Crippen LogP contribution in [0, 0.1) is 0 Å². The molecule has 7 nitrogen and oxygen atoms in total. The lowest BCUT2D eigenvalue weighted by Crippen LogP contribution is -2.11. The number of imidazole rings is 1. The Labute approximate surface area is 191 Å². The summed E-state index contributed by atoms with van der Waals surface area (Å²) in [6.07, 6.45) is 0. The summed E-state index contributed by atoms with van der Waals surface area (Å²) in [6.45, 7) is -0.509. The maximum atomic E-state index is 11.0. The zero-order valence-corrected chi connectivity index (χ0v) is 18.6. The average molecular weight is 444 g/mol. The zero-order chi connectivity index (χ0) is 23.4. The molecule has 3 aromatic carbocycles. The minimum atomic E-state index is -1.09. The van der Waals surface area contributed by atoms with E-state index in [2.05, 4.69) is 12.1 Å². The third-order valence-corrected chi connectivity index (χ3v) is 5.25. The van der Waals surface area contributed by atoms with Crippen molar-refractivity contribution >= 4 is 5.97 Å². The van der Waals surface area contributed by atoms with Crippen LogP contribution in [0.15, 0.2) is 72.8 Å². The SMILES string of the molecule is COc1cc(-c2nc(-c3ccccc3)c(-c3ccccc3)n2C)cc(OC)c1OCC(=O)O. The molecule has 168 valence electrons. The van der Waals surface area contributed by atoms with Gasteiger partial charge in [-0.05, 0) is 12.1 Å². The van der Waals surface area contributed by atoms with Gasteiger partial charge in [-0.3, -0.25) is 0 Å². The van der Waals surface area contributed by atoms with Gasteiger partial charge in [0.1, 0.15) is 5.82 Å². The van der Waals surface area contributed by atoms with Crippen LogP contribution in [-0.4, -0.2) is 41.5 Å².